The summed E-state index contributed by atoms with van der Waals surface area (Å²) in [5.41, 5.74) is -3.30. The molecule has 138 valence electrons. The highest BCUT2D eigenvalue weighted by atomic mass is 32.1. The van der Waals surface area contributed by atoms with Crippen LogP contribution in [0.3, 0.4) is 0 Å². The summed E-state index contributed by atoms with van der Waals surface area (Å²) >= 11 is 2.00. The Morgan fingerprint density at radius 1 is 0.808 bits per heavy atom. The van der Waals surface area contributed by atoms with E-state index in [4.69, 9.17) is 6.42 Å². The molecule has 0 aliphatic heterocycles. The Bertz CT molecular complexity index is 968. The molecule has 2 aromatic heterocycles. The van der Waals surface area contributed by atoms with Crippen LogP contribution >= 0.6 is 22.7 Å². The maximum Gasteiger partial charge on any atom is 0.380 e. The van der Waals surface area contributed by atoms with Gasteiger partial charge in [-0.05, 0) is 44.0 Å². The highest BCUT2D eigenvalue weighted by Gasteiger charge is 2.80. The molecule has 2 heterocycles. The number of allylic oxidation sites excluding steroid dienone is 2. The van der Waals surface area contributed by atoms with Crippen molar-refractivity contribution in [2.75, 3.05) is 0 Å². The van der Waals surface area contributed by atoms with Crippen LogP contribution in [0.25, 0.3) is 11.1 Å². The number of alkyl halides is 6. The van der Waals surface area contributed by atoms with E-state index in [-0.39, 0.29) is 25.8 Å². The fraction of sp³-hybridized carbons (Fsp3) is 0.333. The second-order valence-electron chi connectivity index (χ2n) is 6.02. The molecule has 26 heavy (non-hydrogen) atoms. The van der Waals surface area contributed by atoms with Crippen molar-refractivity contribution in [2.24, 2.45) is 0 Å². The monoisotopic (exact) mass is 406 g/mol. The standard InChI is InChI=1S/C18H12F6S2/c1-5-11-7-13(10(4)26-11)15-14(12-6-8(2)25-9(12)3)16(19,20)18(23,24)17(15,21)22/h1,6-7H,2-4H3. The SMILES string of the molecule is C#Cc1cc(C2=C(c3cc(C)sc3C)C(F)(F)C(F)(F)C2(F)F)c(C)s1. The van der Waals surface area contributed by atoms with Gasteiger partial charge in [-0.3, -0.25) is 0 Å². The topological polar surface area (TPSA) is 0 Å². The van der Waals surface area contributed by atoms with Gasteiger partial charge in [0, 0.05) is 25.8 Å². The second kappa shape index (κ2) is 5.64. The van der Waals surface area contributed by atoms with Crippen LogP contribution in [0.15, 0.2) is 12.1 Å². The first-order valence-electron chi connectivity index (χ1n) is 7.39. The van der Waals surface area contributed by atoms with Crippen molar-refractivity contribution in [2.45, 2.75) is 38.5 Å². The summed E-state index contributed by atoms with van der Waals surface area (Å²) in [6, 6.07) is 2.33. The fourth-order valence-corrected chi connectivity index (χ4v) is 4.88. The van der Waals surface area contributed by atoms with E-state index in [1.807, 2.05) is 0 Å². The van der Waals surface area contributed by atoms with Gasteiger partial charge in [-0.2, -0.15) is 26.3 Å². The maximum absolute atomic E-state index is 14.6. The Morgan fingerprint density at radius 3 is 1.65 bits per heavy atom. The van der Waals surface area contributed by atoms with Crippen molar-refractivity contribution in [3.8, 4) is 12.3 Å². The zero-order chi connectivity index (χ0) is 19.7. The molecule has 0 N–H and O–H groups in total. The Labute approximate surface area is 154 Å². The summed E-state index contributed by atoms with van der Waals surface area (Å²) in [5.74, 6) is -13.4. The quantitative estimate of drug-likeness (QED) is 0.392. The highest BCUT2D eigenvalue weighted by Crippen LogP contribution is 2.65. The average Bonchev–Trinajstić information content (AvgIpc) is 3.07. The maximum atomic E-state index is 14.6. The normalized spacial score (nSPS) is 20.5. The lowest BCUT2D eigenvalue weighted by molar-refractivity contribution is -0.254. The van der Waals surface area contributed by atoms with Crippen LogP contribution in [0.1, 0.15) is 30.6 Å². The Kier molecular flexibility index (Phi) is 4.13. The van der Waals surface area contributed by atoms with Crippen molar-refractivity contribution < 1.29 is 26.3 Å². The zero-order valence-electron chi connectivity index (χ0n) is 13.8. The van der Waals surface area contributed by atoms with Gasteiger partial charge in [0.15, 0.2) is 0 Å². The van der Waals surface area contributed by atoms with Crippen molar-refractivity contribution in [3.63, 3.8) is 0 Å². The predicted octanol–water partition coefficient (Wildman–Crippen LogP) is 6.55. The molecule has 1 aliphatic rings. The summed E-state index contributed by atoms with van der Waals surface area (Å²) in [7, 11) is 0. The van der Waals surface area contributed by atoms with E-state index < -0.39 is 28.9 Å². The van der Waals surface area contributed by atoms with Crippen LogP contribution in [0, 0.1) is 33.1 Å². The number of terminal acetylenes is 1. The van der Waals surface area contributed by atoms with E-state index in [2.05, 4.69) is 5.92 Å². The molecule has 0 atom stereocenters. The third-order valence-corrected chi connectivity index (χ3v) is 6.25. The summed E-state index contributed by atoms with van der Waals surface area (Å²) in [6.45, 7) is 4.43. The van der Waals surface area contributed by atoms with E-state index in [0.717, 1.165) is 28.7 Å². The molecule has 8 heteroatoms. The van der Waals surface area contributed by atoms with Gasteiger partial charge in [0.05, 0.1) is 4.88 Å². The summed E-state index contributed by atoms with van der Waals surface area (Å²) < 4.78 is 86.7. The summed E-state index contributed by atoms with van der Waals surface area (Å²) in [5, 5.41) is 0. The molecule has 0 unspecified atom stereocenters. The van der Waals surface area contributed by atoms with E-state index in [0.29, 0.717) is 4.88 Å². The van der Waals surface area contributed by atoms with Gasteiger partial charge in [0.2, 0.25) is 0 Å². The van der Waals surface area contributed by atoms with Crippen LogP contribution in [-0.4, -0.2) is 17.8 Å². The molecular weight excluding hydrogens is 394 g/mol. The zero-order valence-corrected chi connectivity index (χ0v) is 15.4. The lowest BCUT2D eigenvalue weighted by Gasteiger charge is -2.25. The largest absolute Gasteiger partial charge is 0.380 e. The molecule has 0 saturated heterocycles. The molecule has 0 saturated carbocycles. The summed E-state index contributed by atoms with van der Waals surface area (Å²) in [6.07, 6.45) is 5.24. The fourth-order valence-electron chi connectivity index (χ4n) is 3.11. The van der Waals surface area contributed by atoms with E-state index in [1.54, 1.807) is 6.92 Å². The van der Waals surface area contributed by atoms with Crippen molar-refractivity contribution in [1.82, 2.24) is 0 Å². The number of rotatable bonds is 2. The van der Waals surface area contributed by atoms with Crippen molar-refractivity contribution >= 4 is 33.8 Å². The van der Waals surface area contributed by atoms with Crippen LogP contribution in [-0.2, 0) is 0 Å². The third kappa shape index (κ3) is 2.30. The molecule has 0 bridgehead atoms. The number of aryl methyl sites for hydroxylation is 3. The number of hydrogen-bond acceptors (Lipinski definition) is 2. The van der Waals surface area contributed by atoms with Gasteiger partial charge in [-0.1, -0.05) is 5.92 Å². The molecule has 0 nitrogen and oxygen atoms in total. The third-order valence-electron chi connectivity index (χ3n) is 4.31. The molecule has 0 spiro atoms. The smallest absolute Gasteiger partial charge is 0.194 e. The van der Waals surface area contributed by atoms with E-state index in [1.165, 1.54) is 19.9 Å². The van der Waals surface area contributed by atoms with E-state index in [9.17, 15) is 26.3 Å². The van der Waals surface area contributed by atoms with Gasteiger partial charge < -0.3 is 0 Å². The lowest BCUT2D eigenvalue weighted by atomic mass is 9.95. The lowest BCUT2D eigenvalue weighted by Crippen LogP contribution is -2.48. The first-order valence-corrected chi connectivity index (χ1v) is 9.03. The molecule has 0 amide bonds. The van der Waals surface area contributed by atoms with E-state index >= 15 is 0 Å². The van der Waals surface area contributed by atoms with Crippen LogP contribution < -0.4 is 0 Å². The van der Waals surface area contributed by atoms with Crippen LogP contribution in [0.5, 0.6) is 0 Å². The number of thiophene rings is 2. The minimum Gasteiger partial charge on any atom is -0.194 e. The molecule has 0 radical (unpaired) electrons. The first-order chi connectivity index (χ1) is 11.9. The first kappa shape index (κ1) is 19.1. The van der Waals surface area contributed by atoms with Gasteiger partial charge in [0.1, 0.15) is 0 Å². The van der Waals surface area contributed by atoms with Gasteiger partial charge in [0.25, 0.3) is 0 Å². The van der Waals surface area contributed by atoms with Gasteiger partial charge in [-0.25, -0.2) is 0 Å². The van der Waals surface area contributed by atoms with Gasteiger partial charge >= 0.3 is 17.8 Å². The molecule has 0 aromatic carbocycles. The molecule has 2 aromatic rings. The van der Waals surface area contributed by atoms with Crippen LogP contribution in [0.2, 0.25) is 0 Å². The van der Waals surface area contributed by atoms with Crippen molar-refractivity contribution in [1.29, 1.82) is 0 Å². The highest BCUT2D eigenvalue weighted by molar-refractivity contribution is 7.13. The van der Waals surface area contributed by atoms with Crippen LogP contribution in [0.4, 0.5) is 26.3 Å². The average molecular weight is 406 g/mol. The minimum atomic E-state index is -5.54. The molecule has 3 rings (SSSR count). The molecule has 1 aliphatic carbocycles. The number of hydrogen-bond donors (Lipinski definition) is 0. The number of halogens is 6. The Hall–Kier alpha value is -1.72. The molecular formula is C18H12F6S2. The van der Waals surface area contributed by atoms with Gasteiger partial charge in [-0.15, -0.1) is 29.1 Å². The predicted molar refractivity (Wildman–Crippen MR) is 92.4 cm³/mol. The Morgan fingerprint density at radius 2 is 1.27 bits per heavy atom. The second-order valence-corrected chi connectivity index (χ2v) is 8.74. The Balaban J connectivity index is 2.46. The summed E-state index contributed by atoms with van der Waals surface area (Å²) in [4.78, 5) is 1.22. The minimum absolute atomic E-state index is 0.184. The molecule has 0 fully saturated rings. The van der Waals surface area contributed by atoms with Crippen molar-refractivity contribution in [3.05, 3.63) is 42.8 Å².